The Morgan fingerprint density at radius 1 is 1.00 bits per heavy atom. The lowest BCUT2D eigenvalue weighted by Crippen LogP contribution is -2.15. The first kappa shape index (κ1) is 17.6. The van der Waals surface area contributed by atoms with Gasteiger partial charge in [0, 0.05) is 19.6 Å². The van der Waals surface area contributed by atoms with E-state index in [0.717, 1.165) is 25.4 Å². The number of methoxy groups -OCH3 is 1. The predicted octanol–water partition coefficient (Wildman–Crippen LogP) is 5.19. The number of aryl methyl sites for hydroxylation is 1. The summed E-state index contributed by atoms with van der Waals surface area (Å²) in [5.74, 6) is 0.925. The molecule has 23 heavy (non-hydrogen) atoms. The summed E-state index contributed by atoms with van der Waals surface area (Å²) >= 11 is 0. The van der Waals surface area contributed by atoms with Crippen LogP contribution in [0.1, 0.15) is 49.4 Å². The Morgan fingerprint density at radius 2 is 1.74 bits per heavy atom. The van der Waals surface area contributed by atoms with Gasteiger partial charge in [-0.15, -0.1) is 0 Å². The van der Waals surface area contributed by atoms with Gasteiger partial charge in [-0.05, 0) is 40.8 Å². The second-order valence-corrected chi connectivity index (χ2v) is 5.80. The molecule has 0 spiro atoms. The van der Waals surface area contributed by atoms with Crippen molar-refractivity contribution in [2.75, 3.05) is 7.11 Å². The van der Waals surface area contributed by atoms with Crippen molar-refractivity contribution < 1.29 is 4.74 Å². The van der Waals surface area contributed by atoms with Crippen molar-refractivity contribution in [3.8, 4) is 5.75 Å². The van der Waals surface area contributed by atoms with Gasteiger partial charge in [-0.25, -0.2) is 0 Å². The third-order valence-corrected chi connectivity index (χ3v) is 4.23. The molecule has 0 saturated heterocycles. The molecule has 0 N–H and O–H groups in total. The molecule has 1 aliphatic rings. The van der Waals surface area contributed by atoms with Crippen LogP contribution in [-0.4, -0.2) is 12.0 Å². The molecule has 2 aromatic rings. The van der Waals surface area contributed by atoms with Crippen molar-refractivity contribution in [1.82, 2.24) is 4.90 Å². The molecule has 0 amide bonds. The molecule has 0 atom stereocenters. The molecule has 2 nitrogen and oxygen atoms in total. The third kappa shape index (κ3) is 4.35. The van der Waals surface area contributed by atoms with Crippen LogP contribution in [0.25, 0.3) is 0 Å². The first-order valence-electron chi connectivity index (χ1n) is 8.75. The molecule has 1 heterocycles. The van der Waals surface area contributed by atoms with Crippen LogP contribution >= 0.6 is 0 Å². The quantitative estimate of drug-likeness (QED) is 0.753. The Morgan fingerprint density at radius 3 is 2.39 bits per heavy atom. The lowest BCUT2D eigenvalue weighted by atomic mass is 10.0. The minimum absolute atomic E-state index is 0.925. The monoisotopic (exact) mass is 311 g/mol. The van der Waals surface area contributed by atoms with E-state index in [1.165, 1.54) is 29.5 Å². The molecule has 0 fully saturated rings. The molecular formula is C21H29NO. The number of fused-ring (bicyclic) bond motifs is 1. The molecule has 0 aromatic heterocycles. The van der Waals surface area contributed by atoms with Crippen LogP contribution in [0.15, 0.2) is 42.5 Å². The standard InChI is InChI=1S/C19H23NO.C2H6/c1-3-5-16-6-4-7-17-13-20(14-19(16)17)12-15-8-10-18(21-2)11-9-15;1-2/h4,6-11H,3,5,12-14H2,1-2H3;1-2H3. The van der Waals surface area contributed by atoms with Gasteiger partial charge in [-0.1, -0.05) is 57.5 Å². The zero-order valence-electron chi connectivity index (χ0n) is 14.9. The van der Waals surface area contributed by atoms with Crippen molar-refractivity contribution in [2.45, 2.75) is 53.2 Å². The minimum Gasteiger partial charge on any atom is -0.497 e. The van der Waals surface area contributed by atoms with E-state index in [9.17, 15) is 0 Å². The highest BCUT2D eigenvalue weighted by Gasteiger charge is 2.20. The van der Waals surface area contributed by atoms with Crippen molar-refractivity contribution in [2.24, 2.45) is 0 Å². The maximum Gasteiger partial charge on any atom is 0.118 e. The number of ether oxygens (including phenoxy) is 1. The predicted molar refractivity (Wildman–Crippen MR) is 97.7 cm³/mol. The molecule has 3 rings (SSSR count). The van der Waals surface area contributed by atoms with E-state index in [0.29, 0.717) is 0 Å². The van der Waals surface area contributed by atoms with Gasteiger partial charge in [0.25, 0.3) is 0 Å². The molecular weight excluding hydrogens is 282 g/mol. The molecule has 0 aliphatic carbocycles. The Labute approximate surface area is 141 Å². The zero-order chi connectivity index (χ0) is 16.7. The molecule has 2 heteroatoms. The van der Waals surface area contributed by atoms with Crippen LogP contribution in [0.4, 0.5) is 0 Å². The number of nitrogens with zero attached hydrogens (tertiary/aromatic N) is 1. The summed E-state index contributed by atoms with van der Waals surface area (Å²) in [7, 11) is 1.71. The van der Waals surface area contributed by atoms with Gasteiger partial charge in [-0.3, -0.25) is 4.90 Å². The Balaban J connectivity index is 0.000000924. The van der Waals surface area contributed by atoms with Crippen molar-refractivity contribution in [3.05, 3.63) is 64.7 Å². The van der Waals surface area contributed by atoms with Crippen LogP contribution in [0.5, 0.6) is 5.75 Å². The van der Waals surface area contributed by atoms with E-state index in [2.05, 4.69) is 42.2 Å². The molecule has 0 saturated carbocycles. The average molecular weight is 311 g/mol. The SMILES string of the molecule is CC.CCCc1cccc2c1CN(Cc1ccc(OC)cc1)C2. The lowest BCUT2D eigenvalue weighted by Gasteiger charge is -2.15. The van der Waals surface area contributed by atoms with E-state index >= 15 is 0 Å². The molecule has 124 valence electrons. The Hall–Kier alpha value is -1.80. The van der Waals surface area contributed by atoms with Gasteiger partial charge < -0.3 is 4.74 Å². The third-order valence-electron chi connectivity index (χ3n) is 4.23. The summed E-state index contributed by atoms with van der Waals surface area (Å²) in [6.07, 6.45) is 2.41. The first-order valence-corrected chi connectivity index (χ1v) is 8.75. The fourth-order valence-corrected chi connectivity index (χ4v) is 3.16. The number of benzene rings is 2. The Kier molecular flexibility index (Phi) is 6.66. The average Bonchev–Trinajstić information content (AvgIpc) is 3.01. The first-order chi connectivity index (χ1) is 11.3. The second-order valence-electron chi connectivity index (χ2n) is 5.80. The molecule has 0 bridgehead atoms. The van der Waals surface area contributed by atoms with Crippen LogP contribution in [0, 0.1) is 0 Å². The molecule has 1 aliphatic heterocycles. The Bertz CT molecular complexity index is 604. The lowest BCUT2D eigenvalue weighted by molar-refractivity contribution is 0.275. The fraction of sp³-hybridized carbons (Fsp3) is 0.429. The van der Waals surface area contributed by atoms with Crippen molar-refractivity contribution in [1.29, 1.82) is 0 Å². The topological polar surface area (TPSA) is 12.5 Å². The zero-order valence-corrected chi connectivity index (χ0v) is 14.9. The maximum absolute atomic E-state index is 5.22. The highest BCUT2D eigenvalue weighted by Crippen LogP contribution is 2.28. The van der Waals surface area contributed by atoms with Gasteiger partial charge in [0.2, 0.25) is 0 Å². The van der Waals surface area contributed by atoms with E-state index in [4.69, 9.17) is 4.74 Å². The maximum atomic E-state index is 5.22. The highest BCUT2D eigenvalue weighted by atomic mass is 16.5. The summed E-state index contributed by atoms with van der Waals surface area (Å²) < 4.78 is 5.22. The van der Waals surface area contributed by atoms with E-state index in [-0.39, 0.29) is 0 Å². The number of rotatable bonds is 5. The smallest absolute Gasteiger partial charge is 0.118 e. The summed E-state index contributed by atoms with van der Waals surface area (Å²) in [4.78, 5) is 2.52. The van der Waals surface area contributed by atoms with Crippen LogP contribution < -0.4 is 4.74 Å². The number of hydrogen-bond acceptors (Lipinski definition) is 2. The number of hydrogen-bond donors (Lipinski definition) is 0. The second kappa shape index (κ2) is 8.73. The van der Waals surface area contributed by atoms with Gasteiger partial charge >= 0.3 is 0 Å². The summed E-state index contributed by atoms with van der Waals surface area (Å²) in [6.45, 7) is 9.41. The molecule has 2 aromatic carbocycles. The van der Waals surface area contributed by atoms with E-state index in [1.54, 1.807) is 12.7 Å². The van der Waals surface area contributed by atoms with Gasteiger partial charge in [-0.2, -0.15) is 0 Å². The van der Waals surface area contributed by atoms with Gasteiger partial charge in [0.15, 0.2) is 0 Å². The summed E-state index contributed by atoms with van der Waals surface area (Å²) in [5.41, 5.74) is 5.95. The molecule has 0 unspecified atom stereocenters. The summed E-state index contributed by atoms with van der Waals surface area (Å²) in [5, 5.41) is 0. The fourth-order valence-electron chi connectivity index (χ4n) is 3.16. The summed E-state index contributed by atoms with van der Waals surface area (Å²) in [6, 6.07) is 15.2. The van der Waals surface area contributed by atoms with E-state index in [1.807, 2.05) is 26.0 Å². The van der Waals surface area contributed by atoms with Crippen molar-refractivity contribution in [3.63, 3.8) is 0 Å². The molecule has 0 radical (unpaired) electrons. The minimum atomic E-state index is 0.925. The van der Waals surface area contributed by atoms with Crippen molar-refractivity contribution >= 4 is 0 Å². The largest absolute Gasteiger partial charge is 0.497 e. The van der Waals surface area contributed by atoms with Crippen LogP contribution in [-0.2, 0) is 26.1 Å². The van der Waals surface area contributed by atoms with Crippen LogP contribution in [0.3, 0.4) is 0 Å². The van der Waals surface area contributed by atoms with E-state index < -0.39 is 0 Å². The highest BCUT2D eigenvalue weighted by molar-refractivity contribution is 5.38. The van der Waals surface area contributed by atoms with Gasteiger partial charge in [0.05, 0.1) is 7.11 Å². The van der Waals surface area contributed by atoms with Gasteiger partial charge in [0.1, 0.15) is 5.75 Å². The normalized spacial score (nSPS) is 13.2. The van der Waals surface area contributed by atoms with Crippen LogP contribution in [0.2, 0.25) is 0 Å².